The molecule has 0 saturated heterocycles. The van der Waals surface area contributed by atoms with E-state index in [1.54, 1.807) is 42.9 Å². The van der Waals surface area contributed by atoms with Gasteiger partial charge in [0.25, 0.3) is 5.91 Å². The second kappa shape index (κ2) is 6.74. The molecule has 2 aromatic heterocycles. The van der Waals surface area contributed by atoms with Gasteiger partial charge in [-0.1, -0.05) is 18.2 Å². The molecule has 0 atom stereocenters. The average molecular weight is 308 g/mol. The highest BCUT2D eigenvalue weighted by Gasteiger charge is 2.11. The van der Waals surface area contributed by atoms with Crippen LogP contribution in [-0.2, 0) is 4.79 Å². The van der Waals surface area contributed by atoms with Crippen LogP contribution in [0.5, 0.6) is 5.75 Å². The monoisotopic (exact) mass is 308 g/mol. The molecule has 2 heterocycles. The summed E-state index contributed by atoms with van der Waals surface area (Å²) in [7, 11) is 0. The highest BCUT2D eigenvalue weighted by atomic mass is 16.5. The van der Waals surface area contributed by atoms with E-state index in [-0.39, 0.29) is 12.5 Å². The summed E-state index contributed by atoms with van der Waals surface area (Å²) in [6.07, 6.45) is 5.16. The predicted molar refractivity (Wildman–Crippen MR) is 86.7 cm³/mol. The Labute approximate surface area is 133 Å². The molecule has 1 aromatic carbocycles. The normalized spacial score (nSPS) is 10.3. The van der Waals surface area contributed by atoms with Crippen molar-refractivity contribution in [3.63, 3.8) is 0 Å². The third kappa shape index (κ3) is 3.55. The average Bonchev–Trinajstić information content (AvgIpc) is 3.00. The van der Waals surface area contributed by atoms with Crippen LogP contribution in [0, 0.1) is 6.92 Å². The first-order valence-electron chi connectivity index (χ1n) is 7.17. The van der Waals surface area contributed by atoms with Gasteiger partial charge in [-0.15, -0.1) is 0 Å². The third-order valence-corrected chi connectivity index (χ3v) is 3.23. The number of aromatic nitrogens is 3. The standard InChI is InChI=1S/C17H16N4O2/c1-13-18-10-11-21(13)17-15(8-5-9-19-17)20-16(22)12-23-14-6-3-2-4-7-14/h2-11H,12H2,1H3,(H,20,22). The summed E-state index contributed by atoms with van der Waals surface area (Å²) in [6, 6.07) is 12.8. The number of imidazole rings is 1. The number of ether oxygens (including phenoxy) is 1. The molecule has 0 spiro atoms. The summed E-state index contributed by atoms with van der Waals surface area (Å²) >= 11 is 0. The zero-order valence-electron chi connectivity index (χ0n) is 12.6. The molecule has 0 radical (unpaired) electrons. The molecule has 23 heavy (non-hydrogen) atoms. The Hall–Kier alpha value is -3.15. The first kappa shape index (κ1) is 14.8. The first-order chi connectivity index (χ1) is 11.2. The van der Waals surface area contributed by atoms with Crippen LogP contribution in [0.3, 0.4) is 0 Å². The van der Waals surface area contributed by atoms with Gasteiger partial charge in [0.15, 0.2) is 12.4 Å². The maximum Gasteiger partial charge on any atom is 0.262 e. The lowest BCUT2D eigenvalue weighted by atomic mass is 10.3. The fourth-order valence-electron chi connectivity index (χ4n) is 2.14. The molecule has 0 unspecified atom stereocenters. The minimum Gasteiger partial charge on any atom is -0.484 e. The van der Waals surface area contributed by atoms with Crippen LogP contribution in [0.1, 0.15) is 5.82 Å². The zero-order chi connectivity index (χ0) is 16.1. The summed E-state index contributed by atoms with van der Waals surface area (Å²) in [5, 5.41) is 2.82. The maximum atomic E-state index is 12.1. The zero-order valence-corrected chi connectivity index (χ0v) is 12.6. The van der Waals surface area contributed by atoms with Gasteiger partial charge in [0.05, 0.1) is 5.69 Å². The predicted octanol–water partition coefficient (Wildman–Crippen LogP) is 2.59. The molecule has 6 heteroatoms. The lowest BCUT2D eigenvalue weighted by Gasteiger charge is -2.12. The third-order valence-electron chi connectivity index (χ3n) is 3.23. The van der Waals surface area contributed by atoms with Crippen LogP contribution in [0.15, 0.2) is 61.1 Å². The lowest BCUT2D eigenvalue weighted by Crippen LogP contribution is -2.21. The van der Waals surface area contributed by atoms with Crippen molar-refractivity contribution in [1.29, 1.82) is 0 Å². The minimum atomic E-state index is -0.249. The molecule has 0 aliphatic heterocycles. The largest absolute Gasteiger partial charge is 0.484 e. The van der Waals surface area contributed by atoms with Crippen LogP contribution < -0.4 is 10.1 Å². The van der Waals surface area contributed by atoms with Crippen LogP contribution in [0.4, 0.5) is 5.69 Å². The molecule has 0 fully saturated rings. The number of para-hydroxylation sites is 1. The Balaban J connectivity index is 1.71. The van der Waals surface area contributed by atoms with E-state index >= 15 is 0 Å². The molecule has 0 aliphatic carbocycles. The number of benzene rings is 1. The highest BCUT2D eigenvalue weighted by Crippen LogP contribution is 2.18. The Morgan fingerprint density at radius 2 is 1.96 bits per heavy atom. The van der Waals surface area contributed by atoms with Gasteiger partial charge in [-0.2, -0.15) is 0 Å². The van der Waals surface area contributed by atoms with E-state index in [1.807, 2.05) is 29.7 Å². The maximum absolute atomic E-state index is 12.1. The summed E-state index contributed by atoms with van der Waals surface area (Å²) in [4.78, 5) is 20.6. The quantitative estimate of drug-likeness (QED) is 0.786. The Morgan fingerprint density at radius 1 is 1.13 bits per heavy atom. The number of carbonyl (C=O) groups is 1. The Bertz CT molecular complexity index is 799. The minimum absolute atomic E-state index is 0.0682. The summed E-state index contributed by atoms with van der Waals surface area (Å²) in [5.41, 5.74) is 0.607. The lowest BCUT2D eigenvalue weighted by molar-refractivity contribution is -0.118. The molecule has 3 rings (SSSR count). The van der Waals surface area contributed by atoms with E-state index < -0.39 is 0 Å². The van der Waals surface area contributed by atoms with E-state index in [9.17, 15) is 4.79 Å². The topological polar surface area (TPSA) is 69.0 Å². The van der Waals surface area contributed by atoms with Crippen molar-refractivity contribution >= 4 is 11.6 Å². The molecular formula is C17H16N4O2. The molecule has 1 amide bonds. The summed E-state index contributed by atoms with van der Waals surface area (Å²) in [6.45, 7) is 1.81. The fourth-order valence-corrected chi connectivity index (χ4v) is 2.14. The van der Waals surface area contributed by atoms with Gasteiger partial charge in [0, 0.05) is 18.6 Å². The Kier molecular flexibility index (Phi) is 4.33. The SMILES string of the molecule is Cc1nccn1-c1ncccc1NC(=O)COc1ccccc1. The smallest absolute Gasteiger partial charge is 0.262 e. The fraction of sp³-hybridized carbons (Fsp3) is 0.118. The number of anilines is 1. The molecule has 0 aliphatic rings. The van der Waals surface area contributed by atoms with E-state index in [1.165, 1.54) is 0 Å². The van der Waals surface area contributed by atoms with Gasteiger partial charge in [-0.05, 0) is 31.2 Å². The number of hydrogen-bond donors (Lipinski definition) is 1. The van der Waals surface area contributed by atoms with E-state index in [0.29, 0.717) is 17.3 Å². The first-order valence-corrected chi connectivity index (χ1v) is 7.17. The second-order valence-corrected chi connectivity index (χ2v) is 4.87. The van der Waals surface area contributed by atoms with Crippen molar-refractivity contribution < 1.29 is 9.53 Å². The number of rotatable bonds is 5. The summed E-state index contributed by atoms with van der Waals surface area (Å²) in [5.74, 6) is 1.82. The van der Waals surface area contributed by atoms with Gasteiger partial charge in [0.1, 0.15) is 11.6 Å². The van der Waals surface area contributed by atoms with Crippen LogP contribution in [0.25, 0.3) is 5.82 Å². The number of amides is 1. The van der Waals surface area contributed by atoms with Gasteiger partial charge in [0.2, 0.25) is 0 Å². The molecule has 0 saturated carbocycles. The van der Waals surface area contributed by atoms with Crippen LogP contribution in [-0.4, -0.2) is 27.0 Å². The van der Waals surface area contributed by atoms with E-state index in [2.05, 4.69) is 15.3 Å². The molecule has 116 valence electrons. The van der Waals surface area contributed by atoms with Crippen molar-refractivity contribution in [3.05, 3.63) is 66.9 Å². The van der Waals surface area contributed by atoms with E-state index in [0.717, 1.165) is 5.82 Å². The van der Waals surface area contributed by atoms with Gasteiger partial charge < -0.3 is 10.1 Å². The van der Waals surface area contributed by atoms with Crippen LogP contribution >= 0.6 is 0 Å². The van der Waals surface area contributed by atoms with E-state index in [4.69, 9.17) is 4.74 Å². The number of pyridine rings is 1. The van der Waals surface area contributed by atoms with Crippen molar-refractivity contribution in [2.24, 2.45) is 0 Å². The Morgan fingerprint density at radius 3 is 2.70 bits per heavy atom. The van der Waals surface area contributed by atoms with Crippen molar-refractivity contribution in [1.82, 2.24) is 14.5 Å². The molecule has 6 nitrogen and oxygen atoms in total. The molecule has 1 N–H and O–H groups in total. The highest BCUT2D eigenvalue weighted by molar-refractivity contribution is 5.93. The second-order valence-electron chi connectivity index (χ2n) is 4.87. The summed E-state index contributed by atoms with van der Waals surface area (Å²) < 4.78 is 7.26. The van der Waals surface area contributed by atoms with Crippen molar-refractivity contribution in [2.75, 3.05) is 11.9 Å². The number of carbonyl (C=O) groups excluding carboxylic acids is 1. The number of nitrogens with zero attached hydrogens (tertiary/aromatic N) is 3. The number of aryl methyl sites for hydroxylation is 1. The van der Waals surface area contributed by atoms with Gasteiger partial charge >= 0.3 is 0 Å². The van der Waals surface area contributed by atoms with Crippen molar-refractivity contribution in [3.8, 4) is 11.6 Å². The number of hydrogen-bond acceptors (Lipinski definition) is 4. The molecule has 3 aromatic rings. The van der Waals surface area contributed by atoms with Gasteiger partial charge in [-0.25, -0.2) is 9.97 Å². The van der Waals surface area contributed by atoms with Crippen LogP contribution in [0.2, 0.25) is 0 Å². The molecule has 0 bridgehead atoms. The number of nitrogens with one attached hydrogen (secondary N) is 1. The molecular weight excluding hydrogens is 292 g/mol. The van der Waals surface area contributed by atoms with Gasteiger partial charge in [-0.3, -0.25) is 9.36 Å². The van der Waals surface area contributed by atoms with Crippen molar-refractivity contribution in [2.45, 2.75) is 6.92 Å².